The van der Waals surface area contributed by atoms with Gasteiger partial charge in [0, 0.05) is 0 Å². The first-order chi connectivity index (χ1) is 17.8. The van der Waals surface area contributed by atoms with E-state index in [1.807, 2.05) is 31.1 Å². The third kappa shape index (κ3) is 9.70. The molecule has 0 heterocycles. The summed E-state index contributed by atoms with van der Waals surface area (Å²) in [6.45, 7) is 46.0. The van der Waals surface area contributed by atoms with Gasteiger partial charge in [-0.2, -0.15) is 0 Å². The lowest BCUT2D eigenvalue weighted by Gasteiger charge is -2.35. The van der Waals surface area contributed by atoms with Crippen molar-refractivity contribution >= 4 is 126 Å². The minimum absolute atomic E-state index is 0.623. The van der Waals surface area contributed by atoms with Gasteiger partial charge >= 0.3 is 0 Å². The molecule has 0 fully saturated rings. The second-order valence-electron chi connectivity index (χ2n) is 14.8. The molecule has 0 bridgehead atoms. The highest BCUT2D eigenvalue weighted by atomic mass is 28.3. The Morgan fingerprint density at radius 3 is 0.436 bits per heavy atom. The number of hydrogen-bond acceptors (Lipinski definition) is 0. The highest BCUT2D eigenvalue weighted by molar-refractivity contribution is 7.00. The van der Waals surface area contributed by atoms with Crippen LogP contribution >= 0.6 is 0 Å². The molecule has 2 aromatic carbocycles. The lowest BCUT2D eigenvalue weighted by Crippen LogP contribution is -2.76. The molecule has 39 heavy (non-hydrogen) atoms. The van der Waals surface area contributed by atoms with Crippen molar-refractivity contribution in [2.24, 2.45) is 0 Å². The van der Waals surface area contributed by atoms with Crippen molar-refractivity contribution in [1.82, 2.24) is 0 Å². The zero-order valence-corrected chi connectivity index (χ0v) is 39.8. The Kier molecular flexibility index (Phi) is 15.6. The minimum atomic E-state index is -0.781. The van der Waals surface area contributed by atoms with Crippen LogP contribution in [0.1, 0.15) is 0 Å². The van der Waals surface area contributed by atoms with Crippen molar-refractivity contribution in [1.29, 1.82) is 0 Å². The molecule has 0 aliphatic rings. The van der Waals surface area contributed by atoms with E-state index in [2.05, 4.69) is 136 Å². The van der Waals surface area contributed by atoms with Gasteiger partial charge in [-0.1, -0.05) is 183 Å². The van der Waals surface area contributed by atoms with Gasteiger partial charge in [0.1, 0.15) is 0 Å². The molecule has 0 atom stereocenters. The van der Waals surface area contributed by atoms with Crippen molar-refractivity contribution < 1.29 is 0 Å². The monoisotopic (exact) mass is 678 g/mol. The van der Waals surface area contributed by atoms with Gasteiger partial charge in [-0.25, -0.2) is 0 Å². The van der Waals surface area contributed by atoms with Crippen LogP contribution in [0.5, 0.6) is 0 Å². The Morgan fingerprint density at radius 1 is 0.231 bits per heavy atom. The Balaban J connectivity index is 0.000000434. The maximum absolute atomic E-state index is 2.61. The van der Waals surface area contributed by atoms with E-state index in [4.69, 9.17) is 0 Å². The summed E-state index contributed by atoms with van der Waals surface area (Å²) >= 11 is 0. The van der Waals surface area contributed by atoms with Crippen molar-refractivity contribution in [3.63, 3.8) is 0 Å². The molecule has 0 nitrogen and oxygen atoms in total. The smallest absolute Gasteiger partial charge is 0.0647 e. The van der Waals surface area contributed by atoms with Gasteiger partial charge in [0.25, 0.3) is 0 Å². The van der Waals surface area contributed by atoms with Gasteiger partial charge in [-0.05, 0) is 0 Å². The summed E-state index contributed by atoms with van der Waals surface area (Å²) in [7, 11) is -6.55. The molecule has 0 saturated carbocycles. The number of benzene rings is 2. The maximum Gasteiger partial charge on any atom is 0.0647 e. The molecular weight excluding hydrogens is 613 g/mol. The second-order valence-corrected chi connectivity index (χ2v) is 41.1. The molecule has 0 amide bonds. The Bertz CT molecular complexity index is 852. The van der Waals surface area contributed by atoms with Crippen molar-refractivity contribution in [3.05, 3.63) is 18.2 Å². The van der Waals surface area contributed by atoms with E-state index in [1.54, 1.807) is 15.6 Å². The molecule has 0 radical (unpaired) electrons. The first-order valence-electron chi connectivity index (χ1n) is 16.2. The van der Waals surface area contributed by atoms with Crippen LogP contribution in [-0.2, 0) is 0 Å². The van der Waals surface area contributed by atoms with Crippen molar-refractivity contribution in [3.8, 4) is 0 Å². The third-order valence-corrected chi connectivity index (χ3v) is 25.9. The molecule has 2 aromatic rings. The van der Waals surface area contributed by atoms with Crippen LogP contribution in [0.3, 0.4) is 0 Å². The summed E-state index contributed by atoms with van der Waals surface area (Å²) in [6.07, 6.45) is 0. The molecule has 222 valence electrons. The van der Waals surface area contributed by atoms with Crippen LogP contribution in [0.2, 0.25) is 118 Å². The number of rotatable bonds is 9. The Morgan fingerprint density at radius 2 is 0.359 bits per heavy atom. The van der Waals surface area contributed by atoms with Crippen LogP contribution in [0, 0.1) is 0 Å². The summed E-state index contributed by atoms with van der Waals surface area (Å²) in [5.41, 5.74) is 0. The minimum Gasteiger partial charge on any atom is -0.0682 e. The molecule has 2 rings (SSSR count). The van der Waals surface area contributed by atoms with Crippen LogP contribution in [-0.4, -0.2) is 79.2 Å². The topological polar surface area (TPSA) is 0 Å². The fraction of sp³-hybridized carbons (Fsp3) is 0.600. The van der Waals surface area contributed by atoms with E-state index in [1.165, 1.54) is 0 Å². The molecule has 0 N–H and O–H groups in total. The first kappa shape index (κ1) is 37.4. The summed E-state index contributed by atoms with van der Waals surface area (Å²) in [6, 6.07) is 7.52. The quantitative estimate of drug-likeness (QED) is 0.342. The van der Waals surface area contributed by atoms with E-state index in [9.17, 15) is 0 Å². The first-order valence-corrected chi connectivity index (χ1v) is 42.2. The lowest BCUT2D eigenvalue weighted by molar-refractivity contribution is 1.78. The largest absolute Gasteiger partial charge is 0.0682 e. The molecule has 0 unspecified atom stereocenters. The average molecular weight is 680 g/mol. The predicted molar refractivity (Wildman–Crippen MR) is 219 cm³/mol. The third-order valence-electron chi connectivity index (χ3n) is 8.21. The maximum atomic E-state index is 2.61. The summed E-state index contributed by atoms with van der Waals surface area (Å²) < 4.78 is 0. The standard InChI is InChI=1S/C18H42Si6.C12H24Si3/c1-19(2)13-14(20(3)4)16(22(7)8)18(24(11)12)17(23(9)10)15(13)21(5)6;1-13(2)10-7-11(14(3)4)9-12(8-10)15(5)6/h19-24H,1-12H3;7-9,13-15H,1-6H3. The van der Waals surface area contributed by atoms with Crippen molar-refractivity contribution in [2.75, 3.05) is 0 Å². The predicted octanol–water partition coefficient (Wildman–Crippen LogP) is 0.617. The van der Waals surface area contributed by atoms with Gasteiger partial charge in [0.15, 0.2) is 0 Å². The van der Waals surface area contributed by atoms with Gasteiger partial charge in [-0.15, -0.1) is 0 Å². The second kappa shape index (κ2) is 16.3. The normalized spacial score (nSPS) is 12.4. The van der Waals surface area contributed by atoms with E-state index in [0.29, 0.717) is 0 Å². The van der Waals surface area contributed by atoms with Crippen LogP contribution < -0.4 is 46.7 Å². The van der Waals surface area contributed by atoms with E-state index < -0.39 is 79.2 Å². The Labute approximate surface area is 260 Å². The summed E-state index contributed by atoms with van der Waals surface area (Å²) in [4.78, 5) is 0. The SMILES string of the molecule is C[SiH](C)c1c([SiH](C)C)c([SiH](C)C)c([SiH](C)C)c([SiH](C)C)c1[SiH](C)C.C[SiH](C)c1cc([SiH](C)C)cc([SiH](C)C)c1. The van der Waals surface area contributed by atoms with Crippen LogP contribution in [0.15, 0.2) is 18.2 Å². The molecule has 0 saturated heterocycles. The average Bonchev–Trinajstić information content (AvgIpc) is 2.81. The molecule has 9 heteroatoms. The highest BCUT2D eigenvalue weighted by Gasteiger charge is 2.31. The fourth-order valence-electron chi connectivity index (χ4n) is 6.30. The lowest BCUT2D eigenvalue weighted by atomic mass is 10.3. The molecule has 0 aliphatic carbocycles. The zero-order valence-electron chi connectivity index (χ0n) is 29.4. The molecular formula is C30H66Si9. The highest BCUT2D eigenvalue weighted by Crippen LogP contribution is 1.97. The van der Waals surface area contributed by atoms with Gasteiger partial charge in [0.05, 0.1) is 79.2 Å². The van der Waals surface area contributed by atoms with E-state index in [0.717, 1.165) is 0 Å². The fourth-order valence-corrected chi connectivity index (χ4v) is 32.4. The van der Waals surface area contributed by atoms with E-state index >= 15 is 0 Å². The van der Waals surface area contributed by atoms with Gasteiger partial charge in [0.2, 0.25) is 0 Å². The summed E-state index contributed by atoms with van der Waals surface area (Å²) in [5, 5.41) is 17.1. The molecule has 0 aliphatic heterocycles. The van der Waals surface area contributed by atoms with Crippen LogP contribution in [0.25, 0.3) is 0 Å². The van der Waals surface area contributed by atoms with E-state index in [-0.39, 0.29) is 0 Å². The van der Waals surface area contributed by atoms with Crippen LogP contribution in [0.4, 0.5) is 0 Å². The van der Waals surface area contributed by atoms with Gasteiger partial charge < -0.3 is 0 Å². The van der Waals surface area contributed by atoms with Crippen molar-refractivity contribution in [2.45, 2.75) is 118 Å². The molecule has 0 spiro atoms. The summed E-state index contributed by atoms with van der Waals surface area (Å²) in [5.74, 6) is 0. The molecule has 0 aromatic heterocycles. The van der Waals surface area contributed by atoms with Gasteiger partial charge in [-0.3, -0.25) is 0 Å². The Hall–Kier alpha value is 0.392. The number of hydrogen-bond donors (Lipinski definition) is 0. The zero-order chi connectivity index (χ0) is 30.5.